The van der Waals surface area contributed by atoms with Gasteiger partial charge in [0.2, 0.25) is 0 Å². The number of rotatable bonds is 4. The third-order valence-electron chi connectivity index (χ3n) is 4.76. The average molecular weight is 328 g/mol. The molecule has 6 heteroatoms. The van der Waals surface area contributed by atoms with E-state index in [0.717, 1.165) is 29.8 Å². The van der Waals surface area contributed by atoms with Crippen LogP contribution in [0.1, 0.15) is 36.9 Å². The predicted molar refractivity (Wildman–Crippen MR) is 91.4 cm³/mol. The van der Waals surface area contributed by atoms with Gasteiger partial charge in [-0.25, -0.2) is 9.48 Å². The minimum atomic E-state index is -0.280. The van der Waals surface area contributed by atoms with Crippen LogP contribution in [0.25, 0.3) is 11.3 Å². The zero-order chi connectivity index (χ0) is 17.1. The summed E-state index contributed by atoms with van der Waals surface area (Å²) in [6, 6.07) is 8.39. The standard InChI is InChI=1S/C18H24N4O2/c1-13-8-10-14(11-9-13)17-16(22(3)20-19-17)12-24-18(23)21(2)15-6-4-5-7-15/h8-11,15H,4-7,12H2,1-3H3. The summed E-state index contributed by atoms with van der Waals surface area (Å²) in [5, 5.41) is 8.30. The van der Waals surface area contributed by atoms with Gasteiger partial charge < -0.3 is 9.64 Å². The fourth-order valence-corrected chi connectivity index (χ4v) is 3.15. The van der Waals surface area contributed by atoms with Crippen LogP contribution in [0.3, 0.4) is 0 Å². The lowest BCUT2D eigenvalue weighted by atomic mass is 10.1. The number of amides is 1. The summed E-state index contributed by atoms with van der Waals surface area (Å²) in [5.74, 6) is 0. The predicted octanol–water partition coefficient (Wildman–Crippen LogP) is 3.30. The molecule has 2 aromatic rings. The van der Waals surface area contributed by atoms with E-state index in [1.165, 1.54) is 18.4 Å². The Labute approximate surface area is 142 Å². The summed E-state index contributed by atoms with van der Waals surface area (Å²) >= 11 is 0. The van der Waals surface area contributed by atoms with E-state index in [1.54, 1.807) is 9.58 Å². The molecule has 0 atom stereocenters. The summed E-state index contributed by atoms with van der Waals surface area (Å²) in [7, 11) is 3.63. The van der Waals surface area contributed by atoms with Crippen LogP contribution in [0.2, 0.25) is 0 Å². The van der Waals surface area contributed by atoms with Gasteiger partial charge >= 0.3 is 6.09 Å². The fourth-order valence-electron chi connectivity index (χ4n) is 3.15. The Balaban J connectivity index is 1.70. The highest BCUT2D eigenvalue weighted by Gasteiger charge is 2.25. The SMILES string of the molecule is Cc1ccc(-c2nnn(C)c2COC(=O)N(C)C2CCCC2)cc1. The number of carbonyl (C=O) groups is 1. The van der Waals surface area contributed by atoms with Crippen molar-refractivity contribution in [2.24, 2.45) is 7.05 Å². The van der Waals surface area contributed by atoms with Crippen molar-refractivity contribution < 1.29 is 9.53 Å². The van der Waals surface area contributed by atoms with Gasteiger partial charge in [-0.2, -0.15) is 0 Å². The molecular formula is C18H24N4O2. The summed E-state index contributed by atoms with van der Waals surface area (Å²) in [5.41, 5.74) is 3.72. The Bertz CT molecular complexity index is 702. The number of hydrogen-bond acceptors (Lipinski definition) is 4. The largest absolute Gasteiger partial charge is 0.443 e. The molecule has 0 spiro atoms. The first-order valence-corrected chi connectivity index (χ1v) is 8.41. The lowest BCUT2D eigenvalue weighted by Crippen LogP contribution is -2.35. The minimum Gasteiger partial charge on any atom is -0.443 e. The van der Waals surface area contributed by atoms with Crippen molar-refractivity contribution in [2.45, 2.75) is 45.3 Å². The number of ether oxygens (including phenoxy) is 1. The van der Waals surface area contributed by atoms with E-state index in [0.29, 0.717) is 6.04 Å². The smallest absolute Gasteiger partial charge is 0.410 e. The Morgan fingerprint density at radius 1 is 1.29 bits per heavy atom. The number of carbonyl (C=O) groups excluding carboxylic acids is 1. The molecule has 1 amide bonds. The zero-order valence-electron chi connectivity index (χ0n) is 14.5. The average Bonchev–Trinajstić information content (AvgIpc) is 3.23. The zero-order valence-corrected chi connectivity index (χ0v) is 14.5. The van der Waals surface area contributed by atoms with E-state index in [9.17, 15) is 4.79 Å². The molecule has 1 aliphatic carbocycles. The third-order valence-corrected chi connectivity index (χ3v) is 4.76. The van der Waals surface area contributed by atoms with Crippen molar-refractivity contribution in [2.75, 3.05) is 7.05 Å². The molecule has 1 fully saturated rings. The molecule has 6 nitrogen and oxygen atoms in total. The van der Waals surface area contributed by atoms with E-state index in [2.05, 4.69) is 10.3 Å². The first-order valence-electron chi connectivity index (χ1n) is 8.41. The Kier molecular flexibility index (Phi) is 4.83. The molecule has 128 valence electrons. The van der Waals surface area contributed by atoms with Crippen molar-refractivity contribution in [1.29, 1.82) is 0 Å². The molecule has 0 saturated heterocycles. The first kappa shape index (κ1) is 16.5. The maximum atomic E-state index is 12.3. The van der Waals surface area contributed by atoms with Crippen LogP contribution in [0, 0.1) is 6.92 Å². The van der Waals surface area contributed by atoms with Crippen molar-refractivity contribution in [3.8, 4) is 11.3 Å². The molecule has 1 aliphatic rings. The van der Waals surface area contributed by atoms with E-state index in [-0.39, 0.29) is 12.7 Å². The van der Waals surface area contributed by atoms with Gasteiger partial charge in [0.15, 0.2) is 0 Å². The summed E-state index contributed by atoms with van der Waals surface area (Å²) in [4.78, 5) is 14.0. The van der Waals surface area contributed by atoms with Gasteiger partial charge in [-0.3, -0.25) is 0 Å². The summed E-state index contributed by atoms with van der Waals surface area (Å²) in [6.07, 6.45) is 4.22. The molecule has 24 heavy (non-hydrogen) atoms. The van der Waals surface area contributed by atoms with Crippen molar-refractivity contribution in [3.05, 3.63) is 35.5 Å². The molecule has 0 aliphatic heterocycles. The first-order chi connectivity index (χ1) is 11.6. The molecular weight excluding hydrogens is 304 g/mol. The molecule has 1 saturated carbocycles. The Morgan fingerprint density at radius 2 is 1.96 bits per heavy atom. The lowest BCUT2D eigenvalue weighted by Gasteiger charge is -2.23. The van der Waals surface area contributed by atoms with E-state index < -0.39 is 0 Å². The molecule has 0 unspecified atom stereocenters. The van der Waals surface area contributed by atoms with Gasteiger partial charge in [-0.1, -0.05) is 47.9 Å². The number of hydrogen-bond donors (Lipinski definition) is 0. The molecule has 0 N–H and O–H groups in total. The highest BCUT2D eigenvalue weighted by molar-refractivity contribution is 5.68. The van der Waals surface area contributed by atoms with Crippen LogP contribution in [0.4, 0.5) is 4.79 Å². The second-order valence-corrected chi connectivity index (χ2v) is 6.48. The molecule has 1 aromatic carbocycles. The molecule has 0 radical (unpaired) electrons. The van der Waals surface area contributed by atoms with Crippen LogP contribution < -0.4 is 0 Å². The maximum absolute atomic E-state index is 12.3. The summed E-state index contributed by atoms with van der Waals surface area (Å²) < 4.78 is 7.18. The van der Waals surface area contributed by atoms with Crippen LogP contribution in [-0.2, 0) is 18.4 Å². The third kappa shape index (κ3) is 3.42. The summed E-state index contributed by atoms with van der Waals surface area (Å²) in [6.45, 7) is 2.21. The number of nitrogens with zero attached hydrogens (tertiary/aromatic N) is 4. The van der Waals surface area contributed by atoms with E-state index >= 15 is 0 Å². The van der Waals surface area contributed by atoms with Crippen LogP contribution in [0.15, 0.2) is 24.3 Å². The number of aromatic nitrogens is 3. The Morgan fingerprint density at radius 3 is 2.62 bits per heavy atom. The van der Waals surface area contributed by atoms with E-state index in [4.69, 9.17) is 4.74 Å². The topological polar surface area (TPSA) is 60.2 Å². The van der Waals surface area contributed by atoms with Gasteiger partial charge in [0, 0.05) is 25.7 Å². The fraction of sp³-hybridized carbons (Fsp3) is 0.500. The molecule has 0 bridgehead atoms. The van der Waals surface area contributed by atoms with E-state index in [1.807, 2.05) is 45.3 Å². The van der Waals surface area contributed by atoms with Crippen LogP contribution >= 0.6 is 0 Å². The minimum absolute atomic E-state index is 0.169. The molecule has 1 aromatic heterocycles. The van der Waals surface area contributed by atoms with Crippen molar-refractivity contribution >= 4 is 6.09 Å². The second-order valence-electron chi connectivity index (χ2n) is 6.48. The number of benzene rings is 1. The second kappa shape index (κ2) is 7.03. The van der Waals surface area contributed by atoms with Gasteiger partial charge in [0.05, 0.1) is 0 Å². The molecule has 3 rings (SSSR count). The van der Waals surface area contributed by atoms with Crippen molar-refractivity contribution in [1.82, 2.24) is 19.9 Å². The van der Waals surface area contributed by atoms with Crippen LogP contribution in [-0.4, -0.2) is 39.1 Å². The van der Waals surface area contributed by atoms with Gasteiger partial charge in [0.25, 0.3) is 0 Å². The number of aryl methyl sites for hydroxylation is 2. The van der Waals surface area contributed by atoms with Gasteiger partial charge in [-0.15, -0.1) is 5.10 Å². The molecule has 1 heterocycles. The normalized spacial score (nSPS) is 14.8. The highest BCUT2D eigenvalue weighted by atomic mass is 16.6. The van der Waals surface area contributed by atoms with Gasteiger partial charge in [0.1, 0.15) is 18.0 Å². The highest BCUT2D eigenvalue weighted by Crippen LogP contribution is 2.24. The maximum Gasteiger partial charge on any atom is 0.410 e. The lowest BCUT2D eigenvalue weighted by molar-refractivity contribution is 0.0899. The van der Waals surface area contributed by atoms with Gasteiger partial charge in [-0.05, 0) is 19.8 Å². The quantitative estimate of drug-likeness (QED) is 0.864. The Hall–Kier alpha value is -2.37. The van der Waals surface area contributed by atoms with Crippen LogP contribution in [0.5, 0.6) is 0 Å². The van der Waals surface area contributed by atoms with Crippen molar-refractivity contribution in [3.63, 3.8) is 0 Å². The monoisotopic (exact) mass is 328 g/mol.